The van der Waals surface area contributed by atoms with Crippen LogP contribution >= 0.6 is 0 Å². The lowest BCUT2D eigenvalue weighted by Gasteiger charge is -2.22. The fourth-order valence-corrected chi connectivity index (χ4v) is 4.38. The molecule has 3 N–H and O–H groups in total. The number of aliphatic hydroxyl groups excluding tert-OH is 2. The number of nitrogens with zero attached hydrogens (tertiary/aromatic N) is 2. The van der Waals surface area contributed by atoms with E-state index in [-0.39, 0.29) is 5.92 Å². The van der Waals surface area contributed by atoms with E-state index in [1.165, 1.54) is 0 Å². The molecule has 6 nitrogen and oxygen atoms in total. The maximum atomic E-state index is 11.1. The standard InChI is InChI=1S/C21H27N3O3/c1-4-6-18-22-16-10-13(19-11(2)24-27-12(19)3)9-15(20(16)23-18)21(26)14-7-5-8-17(14)25/h9-10,14,17,21,25-26H,4-8H2,1-3H3,(H,22,23). The zero-order valence-electron chi connectivity index (χ0n) is 16.1. The molecule has 0 aliphatic heterocycles. The zero-order valence-corrected chi connectivity index (χ0v) is 16.1. The first kappa shape index (κ1) is 18.2. The van der Waals surface area contributed by atoms with Gasteiger partial charge in [-0.15, -0.1) is 0 Å². The minimum atomic E-state index is -0.747. The van der Waals surface area contributed by atoms with Gasteiger partial charge >= 0.3 is 0 Å². The lowest BCUT2D eigenvalue weighted by molar-refractivity contribution is 0.0314. The Kier molecular flexibility index (Phi) is 4.78. The van der Waals surface area contributed by atoms with Gasteiger partial charge in [-0.05, 0) is 50.8 Å². The van der Waals surface area contributed by atoms with E-state index in [2.05, 4.69) is 23.1 Å². The molecule has 144 valence electrons. The molecule has 3 atom stereocenters. The van der Waals surface area contributed by atoms with Crippen molar-refractivity contribution in [1.82, 2.24) is 15.1 Å². The van der Waals surface area contributed by atoms with Crippen molar-refractivity contribution in [2.45, 2.75) is 65.1 Å². The Morgan fingerprint density at radius 1 is 1.30 bits per heavy atom. The smallest absolute Gasteiger partial charge is 0.141 e. The van der Waals surface area contributed by atoms with Gasteiger partial charge in [0.2, 0.25) is 0 Å². The maximum absolute atomic E-state index is 11.1. The Balaban J connectivity index is 1.89. The third kappa shape index (κ3) is 3.17. The number of rotatable bonds is 5. The Morgan fingerprint density at radius 2 is 2.11 bits per heavy atom. The molecule has 2 heterocycles. The highest BCUT2D eigenvalue weighted by molar-refractivity contribution is 5.86. The zero-order chi connectivity index (χ0) is 19.1. The summed E-state index contributed by atoms with van der Waals surface area (Å²) in [6, 6.07) is 4.04. The van der Waals surface area contributed by atoms with Crippen LogP contribution in [0.1, 0.15) is 61.6 Å². The second-order valence-corrected chi connectivity index (χ2v) is 7.70. The number of fused-ring (bicyclic) bond motifs is 1. The van der Waals surface area contributed by atoms with Crippen molar-refractivity contribution in [2.75, 3.05) is 0 Å². The van der Waals surface area contributed by atoms with Crippen molar-refractivity contribution in [2.24, 2.45) is 5.92 Å². The van der Waals surface area contributed by atoms with Gasteiger partial charge in [0.05, 0.1) is 28.9 Å². The van der Waals surface area contributed by atoms with E-state index >= 15 is 0 Å². The Bertz CT molecular complexity index is 940. The fourth-order valence-electron chi connectivity index (χ4n) is 4.38. The maximum Gasteiger partial charge on any atom is 0.141 e. The van der Waals surface area contributed by atoms with E-state index in [1.54, 1.807) is 0 Å². The van der Waals surface area contributed by atoms with Crippen LogP contribution in [0.5, 0.6) is 0 Å². The van der Waals surface area contributed by atoms with Gasteiger partial charge in [0, 0.05) is 23.5 Å². The number of hydrogen-bond donors (Lipinski definition) is 3. The lowest BCUT2D eigenvalue weighted by Crippen LogP contribution is -2.21. The number of aliphatic hydroxyl groups is 2. The van der Waals surface area contributed by atoms with Crippen molar-refractivity contribution >= 4 is 11.0 Å². The van der Waals surface area contributed by atoms with Crippen LogP contribution in [-0.2, 0) is 6.42 Å². The van der Waals surface area contributed by atoms with Gasteiger partial charge in [0.1, 0.15) is 11.6 Å². The Labute approximate surface area is 158 Å². The summed E-state index contributed by atoms with van der Waals surface area (Å²) in [5, 5.41) is 25.5. The minimum Gasteiger partial charge on any atom is -0.393 e. The van der Waals surface area contributed by atoms with E-state index in [0.29, 0.717) is 0 Å². The number of H-pyrrole nitrogens is 1. The van der Waals surface area contributed by atoms with E-state index in [4.69, 9.17) is 9.51 Å². The van der Waals surface area contributed by atoms with Crippen LogP contribution in [0.3, 0.4) is 0 Å². The molecule has 1 aliphatic rings. The van der Waals surface area contributed by atoms with Crippen LogP contribution in [0.25, 0.3) is 22.2 Å². The van der Waals surface area contributed by atoms with Crippen LogP contribution in [0.2, 0.25) is 0 Å². The monoisotopic (exact) mass is 369 g/mol. The average Bonchev–Trinajstić information content (AvgIpc) is 3.32. The molecule has 4 rings (SSSR count). The summed E-state index contributed by atoms with van der Waals surface area (Å²) in [4.78, 5) is 8.15. The third-order valence-electron chi connectivity index (χ3n) is 5.73. The average molecular weight is 369 g/mol. The summed E-state index contributed by atoms with van der Waals surface area (Å²) < 4.78 is 5.34. The first-order valence-corrected chi connectivity index (χ1v) is 9.81. The van der Waals surface area contributed by atoms with Crippen molar-refractivity contribution in [3.05, 3.63) is 35.0 Å². The predicted molar refractivity (Wildman–Crippen MR) is 103 cm³/mol. The van der Waals surface area contributed by atoms with Crippen molar-refractivity contribution in [3.8, 4) is 11.1 Å². The van der Waals surface area contributed by atoms with Crippen LogP contribution < -0.4 is 0 Å². The summed E-state index contributed by atoms with van der Waals surface area (Å²) in [5.74, 6) is 1.52. The number of aromatic nitrogens is 3. The second kappa shape index (κ2) is 7.09. The topological polar surface area (TPSA) is 95.2 Å². The first-order chi connectivity index (χ1) is 13.0. The Hall–Kier alpha value is -2.18. The first-order valence-electron chi connectivity index (χ1n) is 9.81. The number of aryl methyl sites for hydroxylation is 3. The van der Waals surface area contributed by atoms with Crippen LogP contribution in [0.4, 0.5) is 0 Å². The van der Waals surface area contributed by atoms with E-state index < -0.39 is 12.2 Å². The molecule has 1 saturated carbocycles. The van der Waals surface area contributed by atoms with Gasteiger partial charge in [-0.3, -0.25) is 0 Å². The molecule has 0 bridgehead atoms. The van der Waals surface area contributed by atoms with Gasteiger partial charge < -0.3 is 19.7 Å². The molecule has 0 amide bonds. The lowest BCUT2D eigenvalue weighted by atomic mass is 9.89. The van der Waals surface area contributed by atoms with E-state index in [9.17, 15) is 10.2 Å². The normalized spacial score (nSPS) is 21.2. The second-order valence-electron chi connectivity index (χ2n) is 7.70. The van der Waals surface area contributed by atoms with Crippen LogP contribution in [0.15, 0.2) is 16.7 Å². The van der Waals surface area contributed by atoms with Crippen molar-refractivity contribution in [1.29, 1.82) is 0 Å². The van der Waals surface area contributed by atoms with Gasteiger partial charge in [-0.25, -0.2) is 4.98 Å². The quantitative estimate of drug-likeness (QED) is 0.632. The van der Waals surface area contributed by atoms with Gasteiger partial charge in [-0.2, -0.15) is 0 Å². The van der Waals surface area contributed by atoms with Gasteiger partial charge in [0.15, 0.2) is 0 Å². The molecule has 27 heavy (non-hydrogen) atoms. The highest BCUT2D eigenvalue weighted by atomic mass is 16.5. The molecule has 3 aromatic rings. The molecule has 0 radical (unpaired) electrons. The Morgan fingerprint density at radius 3 is 2.74 bits per heavy atom. The highest BCUT2D eigenvalue weighted by Gasteiger charge is 2.34. The SMILES string of the molecule is CCCc1nc2c(C(O)C3CCCC3O)cc(-c3c(C)noc3C)cc2[nH]1. The summed E-state index contributed by atoms with van der Waals surface area (Å²) in [6.45, 7) is 5.93. The van der Waals surface area contributed by atoms with Gasteiger partial charge in [0.25, 0.3) is 0 Å². The number of benzene rings is 1. The minimum absolute atomic E-state index is 0.153. The summed E-state index contributed by atoms with van der Waals surface area (Å²) in [6.07, 6.45) is 3.15. The fraction of sp³-hybridized carbons (Fsp3) is 0.524. The number of hydrogen-bond acceptors (Lipinski definition) is 5. The van der Waals surface area contributed by atoms with Crippen molar-refractivity contribution < 1.29 is 14.7 Å². The highest BCUT2D eigenvalue weighted by Crippen LogP contribution is 2.40. The molecule has 3 unspecified atom stereocenters. The van der Waals surface area contributed by atoms with Gasteiger partial charge in [-0.1, -0.05) is 18.5 Å². The molecular weight excluding hydrogens is 342 g/mol. The predicted octanol–water partition coefficient (Wildman–Crippen LogP) is 3.98. The van der Waals surface area contributed by atoms with E-state index in [0.717, 1.165) is 77.1 Å². The van der Waals surface area contributed by atoms with Crippen LogP contribution in [0, 0.1) is 19.8 Å². The third-order valence-corrected chi connectivity index (χ3v) is 5.73. The number of imidazole rings is 1. The molecule has 2 aromatic heterocycles. The molecule has 1 aliphatic carbocycles. The molecule has 6 heteroatoms. The number of aromatic amines is 1. The molecule has 1 aromatic carbocycles. The summed E-state index contributed by atoms with van der Waals surface area (Å²) in [7, 11) is 0. The molecule has 0 spiro atoms. The summed E-state index contributed by atoms with van der Waals surface area (Å²) >= 11 is 0. The number of nitrogens with one attached hydrogen (secondary N) is 1. The van der Waals surface area contributed by atoms with E-state index in [1.807, 2.05) is 19.9 Å². The van der Waals surface area contributed by atoms with Crippen LogP contribution in [-0.4, -0.2) is 31.4 Å². The molecular formula is C21H27N3O3. The largest absolute Gasteiger partial charge is 0.393 e. The molecule has 1 fully saturated rings. The van der Waals surface area contributed by atoms with Crippen molar-refractivity contribution in [3.63, 3.8) is 0 Å². The summed E-state index contributed by atoms with van der Waals surface area (Å²) in [5.41, 5.74) is 5.18. The molecule has 0 saturated heterocycles.